The molecule has 6 rings (SSSR count). The maximum atomic E-state index is 11.7. The zero-order valence-corrected chi connectivity index (χ0v) is 37.0. The third-order valence-electron chi connectivity index (χ3n) is 13.0. The van der Waals surface area contributed by atoms with Crippen molar-refractivity contribution in [2.24, 2.45) is 0 Å². The van der Waals surface area contributed by atoms with E-state index >= 15 is 0 Å². The van der Waals surface area contributed by atoms with Crippen molar-refractivity contribution in [3.63, 3.8) is 0 Å². The van der Waals surface area contributed by atoms with Crippen LogP contribution in [-0.4, -0.2) is 348 Å². The second-order valence-electron chi connectivity index (χ2n) is 17.8. The predicted molar refractivity (Wildman–Crippen MR) is 211 cm³/mol. The molecule has 0 radical (unpaired) electrons. The minimum Gasteiger partial charge on any atom is -0.394 e. The molecule has 6 fully saturated rings. The van der Waals surface area contributed by atoms with Gasteiger partial charge in [0.05, 0.1) is 39.6 Å². The Morgan fingerprint density at radius 2 is 0.690 bits per heavy atom. The molecule has 6 heterocycles. The van der Waals surface area contributed by atoms with Crippen LogP contribution in [0.5, 0.6) is 0 Å². The van der Waals surface area contributed by atoms with Gasteiger partial charge in [0, 0.05) is 0 Å². The zero-order valence-electron chi connectivity index (χ0n) is 37.0. The normalized spacial score (nSPS) is 52.0. The predicted octanol–water partition coefficient (Wildman–Crippen LogP) is -15.4. The molecule has 6 aliphatic heterocycles. The third kappa shape index (κ3) is 12.4. The first-order valence-corrected chi connectivity index (χ1v) is 22.3. The van der Waals surface area contributed by atoms with E-state index in [0.717, 1.165) is 0 Å². The first kappa shape index (κ1) is 58.9. The molecule has 32 atom stereocenters. The van der Waals surface area contributed by atoms with E-state index in [4.69, 9.17) is 52.1 Å². The molecule has 416 valence electrons. The van der Waals surface area contributed by atoms with Crippen molar-refractivity contribution in [3.8, 4) is 0 Å². The average Bonchev–Trinajstić information content (AvgIpc) is 3.35. The summed E-state index contributed by atoms with van der Waals surface area (Å²) >= 11 is 0. The minimum absolute atomic E-state index is 0.884. The molecule has 6 aliphatic rings. The van der Waals surface area contributed by atoms with Gasteiger partial charge in [0.1, 0.15) is 159 Å². The first-order valence-electron chi connectivity index (χ1n) is 22.3. The van der Waals surface area contributed by atoms with Crippen LogP contribution in [0.15, 0.2) is 0 Å². The second-order valence-corrected chi connectivity index (χ2v) is 17.8. The Morgan fingerprint density at radius 3 is 1.23 bits per heavy atom. The van der Waals surface area contributed by atoms with Gasteiger partial charge in [0.2, 0.25) is 0 Å². The lowest BCUT2D eigenvalue weighted by atomic mass is 9.94. The van der Waals surface area contributed by atoms with Crippen molar-refractivity contribution in [3.05, 3.63) is 0 Å². The Balaban J connectivity index is 1.25. The Labute approximate surface area is 400 Å². The summed E-state index contributed by atoms with van der Waals surface area (Å²) < 4.78 is 61.0. The Hall–Kier alpha value is -1.32. The van der Waals surface area contributed by atoms with Gasteiger partial charge >= 0.3 is 0 Å². The molecule has 0 aliphatic carbocycles. The van der Waals surface area contributed by atoms with E-state index in [-0.39, 0.29) is 0 Å². The molecule has 0 saturated carbocycles. The van der Waals surface area contributed by atoms with Crippen molar-refractivity contribution >= 4 is 0 Å². The molecular weight excluding hydrogens is 984 g/mol. The molecule has 0 aromatic carbocycles. The van der Waals surface area contributed by atoms with Crippen molar-refractivity contribution in [2.45, 2.75) is 196 Å². The van der Waals surface area contributed by atoms with E-state index in [1.807, 2.05) is 0 Å². The van der Waals surface area contributed by atoms with Gasteiger partial charge in [-0.2, -0.15) is 0 Å². The SMILES string of the molecule is OC[C@@H](O)[C@H]1O[C@H](OC[C@H]2O[C@H](O[C@H]3[C@@H](O[C@@H]4[C@@H](O)[C@@H](O[C@H]5[C@H](O)[C@@H]([C@H](O)CO)O[C@H](O)[C@H]5O)O[C@H](CO[C@H]5O[C@H](CO)[C@H](O)[C@H](O)[C@H]5O)[C@H]4O)O[C@H](CO)[C@@H](O)[C@@H]3O)[C@H](O)[C@@H](O)[C@@H]2O)[C@@H](O)[C@@H](O)[C@@H]1O. The molecule has 22 N–H and O–H groups in total. The van der Waals surface area contributed by atoms with Crippen LogP contribution < -0.4 is 0 Å². The van der Waals surface area contributed by atoms with Crippen LogP contribution >= 0.6 is 0 Å². The standard InChI is InChI=1S/C38H66O33/c39-1-7(43)28-21(53)19(51)23(55)35(68-28)62-5-11-15(47)18(50)24(56)36(65-11)71-32-20(52)14(46)10(4-42)64-38(32)70-30-16(48)12(6-61-34-22(54)17(49)13(45)9(3-41)63-34)66-37(27(30)59)69-31-25(57)29(8(44)2-40)67-33(60)26(31)58/h7-60H,1-6H2/t7-,8-,9-,10-,11-,12-,13+,14-,15-,16-,17+,18+,19+,20+,21+,22-,23+,24-,25-,26+,27-,28-,29-,30+,31+,32-,33+,34+,35+,36-,37-,38-/m1/s1. The number of hydrogen-bond donors (Lipinski definition) is 22. The van der Waals surface area contributed by atoms with Gasteiger partial charge < -0.3 is 164 Å². The number of aliphatic hydroxyl groups is 22. The number of hydrogen-bond acceptors (Lipinski definition) is 33. The summed E-state index contributed by atoms with van der Waals surface area (Å²) in [5.41, 5.74) is 0. The Kier molecular flexibility index (Phi) is 20.9. The Morgan fingerprint density at radius 1 is 0.310 bits per heavy atom. The quantitative estimate of drug-likeness (QED) is 0.0606. The summed E-state index contributed by atoms with van der Waals surface area (Å²) in [6.45, 7) is -5.80. The molecule has 6 saturated heterocycles. The van der Waals surface area contributed by atoms with Crippen molar-refractivity contribution < 1.29 is 164 Å². The summed E-state index contributed by atoms with van der Waals surface area (Å²) in [6, 6.07) is 0. The lowest BCUT2D eigenvalue weighted by Crippen LogP contribution is -2.68. The molecule has 0 aromatic heterocycles. The van der Waals surface area contributed by atoms with Gasteiger partial charge in [-0.1, -0.05) is 0 Å². The molecular formula is C38H66O33. The fraction of sp³-hybridized carbons (Fsp3) is 1.00. The maximum Gasteiger partial charge on any atom is 0.187 e. The molecule has 71 heavy (non-hydrogen) atoms. The van der Waals surface area contributed by atoms with Crippen molar-refractivity contribution in [1.82, 2.24) is 0 Å². The number of aliphatic hydroxyl groups excluding tert-OH is 22. The molecule has 0 spiro atoms. The highest BCUT2D eigenvalue weighted by molar-refractivity contribution is 5.00. The Bertz CT molecular complexity index is 1610. The molecule has 0 bridgehead atoms. The van der Waals surface area contributed by atoms with Gasteiger partial charge in [-0.15, -0.1) is 0 Å². The molecule has 0 unspecified atom stereocenters. The minimum atomic E-state index is -2.36. The lowest BCUT2D eigenvalue weighted by Gasteiger charge is -2.50. The molecule has 33 nitrogen and oxygen atoms in total. The van der Waals surface area contributed by atoms with Crippen LogP contribution in [0.4, 0.5) is 0 Å². The average molecular weight is 1050 g/mol. The molecule has 0 aromatic rings. The first-order chi connectivity index (χ1) is 33.5. The summed E-state index contributed by atoms with van der Waals surface area (Å²) in [5, 5.41) is 232. The largest absolute Gasteiger partial charge is 0.394 e. The second kappa shape index (κ2) is 25.2. The topological polar surface area (TPSA) is 547 Å². The van der Waals surface area contributed by atoms with E-state index in [0.29, 0.717) is 0 Å². The number of ether oxygens (including phenoxy) is 11. The zero-order chi connectivity index (χ0) is 52.5. The monoisotopic (exact) mass is 1050 g/mol. The van der Waals surface area contributed by atoms with Gasteiger partial charge in [0.25, 0.3) is 0 Å². The third-order valence-corrected chi connectivity index (χ3v) is 13.0. The number of rotatable bonds is 18. The highest BCUT2D eigenvalue weighted by Crippen LogP contribution is 2.36. The van der Waals surface area contributed by atoms with Gasteiger partial charge in [-0.3, -0.25) is 0 Å². The van der Waals surface area contributed by atoms with E-state index in [2.05, 4.69) is 0 Å². The highest BCUT2D eigenvalue weighted by Gasteiger charge is 2.57. The van der Waals surface area contributed by atoms with E-state index in [9.17, 15) is 112 Å². The van der Waals surface area contributed by atoms with Crippen molar-refractivity contribution in [1.29, 1.82) is 0 Å². The van der Waals surface area contributed by atoms with Crippen LogP contribution in [0.1, 0.15) is 0 Å². The van der Waals surface area contributed by atoms with Crippen molar-refractivity contribution in [2.75, 3.05) is 39.6 Å². The van der Waals surface area contributed by atoms with Crippen LogP contribution in [0.25, 0.3) is 0 Å². The fourth-order valence-corrected chi connectivity index (χ4v) is 8.73. The summed E-state index contributed by atoms with van der Waals surface area (Å²) in [5.74, 6) is 0. The van der Waals surface area contributed by atoms with Crippen LogP contribution in [0, 0.1) is 0 Å². The van der Waals surface area contributed by atoms with Gasteiger partial charge in [-0.05, 0) is 0 Å². The van der Waals surface area contributed by atoms with E-state index in [1.165, 1.54) is 0 Å². The molecule has 0 amide bonds. The smallest absolute Gasteiger partial charge is 0.187 e. The maximum absolute atomic E-state index is 11.7. The van der Waals surface area contributed by atoms with Gasteiger partial charge in [-0.25, -0.2) is 0 Å². The summed E-state index contributed by atoms with van der Waals surface area (Å²) in [7, 11) is 0. The lowest BCUT2D eigenvalue weighted by molar-refractivity contribution is -0.399. The molecule has 33 heteroatoms. The van der Waals surface area contributed by atoms with Crippen LogP contribution in [0.3, 0.4) is 0 Å². The van der Waals surface area contributed by atoms with Crippen LogP contribution in [-0.2, 0) is 52.1 Å². The van der Waals surface area contributed by atoms with Gasteiger partial charge in [0.15, 0.2) is 37.7 Å². The summed E-state index contributed by atoms with van der Waals surface area (Å²) in [6.07, 6.45) is -64.7. The highest BCUT2D eigenvalue weighted by atomic mass is 16.8. The van der Waals surface area contributed by atoms with Crippen LogP contribution in [0.2, 0.25) is 0 Å². The van der Waals surface area contributed by atoms with E-state index < -0.39 is 236 Å². The summed E-state index contributed by atoms with van der Waals surface area (Å²) in [4.78, 5) is 0. The van der Waals surface area contributed by atoms with E-state index in [1.54, 1.807) is 0 Å². The fourth-order valence-electron chi connectivity index (χ4n) is 8.73.